The fourth-order valence-electron chi connectivity index (χ4n) is 10.4. The van der Waals surface area contributed by atoms with Crippen molar-refractivity contribution in [2.75, 3.05) is 0 Å². The van der Waals surface area contributed by atoms with E-state index in [0.29, 0.717) is 11.1 Å². The van der Waals surface area contributed by atoms with Gasteiger partial charge in [0.2, 0.25) is 0 Å². The van der Waals surface area contributed by atoms with Crippen molar-refractivity contribution in [3.63, 3.8) is 0 Å². The second kappa shape index (κ2) is 13.8. The van der Waals surface area contributed by atoms with Gasteiger partial charge in [-0.2, -0.15) is 0 Å². The summed E-state index contributed by atoms with van der Waals surface area (Å²) in [6.45, 7) is 50.5. The highest BCUT2D eigenvalue weighted by Crippen LogP contribution is 2.56. The van der Waals surface area contributed by atoms with E-state index in [0.717, 1.165) is 0 Å². The van der Waals surface area contributed by atoms with E-state index in [1.165, 1.54) is 77.9 Å². The first-order valence-corrected chi connectivity index (χ1v) is 25.0. The Morgan fingerprint density at radius 3 is 1.21 bits per heavy atom. The summed E-state index contributed by atoms with van der Waals surface area (Å²) in [6.07, 6.45) is 5.18. The summed E-state index contributed by atoms with van der Waals surface area (Å²) in [4.78, 5) is 0. The van der Waals surface area contributed by atoms with Gasteiger partial charge >= 0.3 is 0 Å². The molecule has 57 heavy (non-hydrogen) atoms. The van der Waals surface area contributed by atoms with E-state index in [1.807, 2.05) is 0 Å². The standard InChI is InChI=1S/C56H76Si/c1-33-22-43(37-26-39(52(5,6)7)30-40(27-37)53(8,9)10)44-24-34(2)50(46(44)23-33)57(20,21)51-35(3)25-45-47(51)32-48(56(17,18)19)36(4)49(45)38-28-41(54(11,12)13)31-42(29-38)55(14,15)16/h22-32,50-51H,1-21H3. The van der Waals surface area contributed by atoms with Gasteiger partial charge in [-0.1, -0.05) is 200 Å². The number of aryl methyl sites for hydroxylation is 1. The van der Waals surface area contributed by atoms with Crippen LogP contribution >= 0.6 is 0 Å². The number of benzene rings is 4. The van der Waals surface area contributed by atoms with Crippen LogP contribution in [0.15, 0.2) is 65.7 Å². The summed E-state index contributed by atoms with van der Waals surface area (Å²) < 4.78 is 0. The van der Waals surface area contributed by atoms with Gasteiger partial charge in [-0.15, -0.1) is 0 Å². The Bertz CT molecular complexity index is 2250. The Kier molecular flexibility index (Phi) is 10.5. The maximum atomic E-state index is 2.70. The van der Waals surface area contributed by atoms with Crippen molar-refractivity contribution in [2.45, 2.75) is 183 Å². The van der Waals surface area contributed by atoms with Crippen molar-refractivity contribution in [1.82, 2.24) is 0 Å². The highest BCUT2D eigenvalue weighted by Gasteiger charge is 2.48. The van der Waals surface area contributed by atoms with Crippen LogP contribution in [-0.4, -0.2) is 8.07 Å². The van der Waals surface area contributed by atoms with E-state index < -0.39 is 8.07 Å². The van der Waals surface area contributed by atoms with Gasteiger partial charge < -0.3 is 0 Å². The smallest absolute Gasteiger partial charge is 0.0679 e. The molecule has 0 fully saturated rings. The molecular formula is C56H76Si. The van der Waals surface area contributed by atoms with Crippen molar-refractivity contribution in [2.24, 2.45) is 0 Å². The number of allylic oxidation sites excluding steroid dienone is 2. The van der Waals surface area contributed by atoms with Crippen molar-refractivity contribution < 1.29 is 0 Å². The zero-order chi connectivity index (χ0) is 42.7. The maximum Gasteiger partial charge on any atom is 0.0722 e. The van der Waals surface area contributed by atoms with Crippen molar-refractivity contribution in [3.8, 4) is 22.3 Å². The average Bonchev–Trinajstić information content (AvgIpc) is 3.57. The van der Waals surface area contributed by atoms with Crippen LogP contribution in [-0.2, 0) is 27.1 Å². The lowest BCUT2D eigenvalue weighted by molar-refractivity contribution is 0.568. The zero-order valence-corrected chi connectivity index (χ0v) is 41.0. The number of fused-ring (bicyclic) bond motifs is 2. The van der Waals surface area contributed by atoms with Gasteiger partial charge in [-0.3, -0.25) is 0 Å². The van der Waals surface area contributed by atoms with Crippen LogP contribution in [0, 0.1) is 13.8 Å². The predicted octanol–water partition coefficient (Wildman–Crippen LogP) is 16.6. The molecule has 0 N–H and O–H groups in total. The molecule has 2 unspecified atom stereocenters. The van der Waals surface area contributed by atoms with Crippen molar-refractivity contribution in [3.05, 3.63) is 127 Å². The molecule has 0 radical (unpaired) electrons. The summed E-state index contributed by atoms with van der Waals surface area (Å²) in [5.74, 6) is 0. The highest BCUT2D eigenvalue weighted by molar-refractivity contribution is 6.81. The second-order valence-electron chi connectivity index (χ2n) is 24.1. The second-order valence-corrected chi connectivity index (χ2v) is 28.9. The van der Waals surface area contributed by atoms with Crippen LogP contribution in [0.1, 0.15) is 190 Å². The molecule has 0 aromatic heterocycles. The molecule has 0 bridgehead atoms. The van der Waals surface area contributed by atoms with Gasteiger partial charge in [0.05, 0.1) is 8.07 Å². The molecule has 0 nitrogen and oxygen atoms in total. The summed E-state index contributed by atoms with van der Waals surface area (Å²) in [7, 11) is -2.14. The molecule has 0 spiro atoms. The molecule has 304 valence electrons. The number of rotatable bonds is 4. The summed E-state index contributed by atoms with van der Waals surface area (Å²) in [5, 5.41) is 0. The molecule has 6 rings (SSSR count). The molecule has 2 atom stereocenters. The summed E-state index contributed by atoms with van der Waals surface area (Å²) >= 11 is 0. The first-order chi connectivity index (χ1) is 25.8. The topological polar surface area (TPSA) is 0 Å². The van der Waals surface area contributed by atoms with E-state index in [4.69, 9.17) is 0 Å². The normalized spacial score (nSPS) is 17.8. The molecule has 0 aliphatic heterocycles. The van der Waals surface area contributed by atoms with Crippen LogP contribution in [0.5, 0.6) is 0 Å². The zero-order valence-electron chi connectivity index (χ0n) is 40.0. The molecule has 2 aliphatic rings. The maximum absolute atomic E-state index is 2.70. The Hall–Kier alpha value is -3.42. The van der Waals surface area contributed by atoms with Crippen LogP contribution in [0.3, 0.4) is 0 Å². The summed E-state index contributed by atoms with van der Waals surface area (Å²) in [6, 6.07) is 22.6. The quantitative estimate of drug-likeness (QED) is 0.181. The third kappa shape index (κ3) is 7.89. The Morgan fingerprint density at radius 1 is 0.421 bits per heavy atom. The largest absolute Gasteiger partial charge is 0.0722 e. The third-order valence-electron chi connectivity index (χ3n) is 13.5. The molecule has 2 aliphatic carbocycles. The van der Waals surface area contributed by atoms with Gasteiger partial charge in [0.25, 0.3) is 0 Å². The summed E-state index contributed by atoms with van der Waals surface area (Å²) in [5.41, 5.74) is 25.7. The first-order valence-electron chi connectivity index (χ1n) is 21.8. The molecule has 1 heteroatoms. The highest BCUT2D eigenvalue weighted by atomic mass is 28.3. The van der Waals surface area contributed by atoms with Gasteiger partial charge in [-0.25, -0.2) is 0 Å². The Labute approximate surface area is 350 Å². The van der Waals surface area contributed by atoms with Gasteiger partial charge in [-0.05, 0) is 133 Å². The van der Waals surface area contributed by atoms with E-state index in [1.54, 1.807) is 16.7 Å². The monoisotopic (exact) mass is 777 g/mol. The fourth-order valence-corrected chi connectivity index (χ4v) is 15.3. The molecule has 4 aromatic carbocycles. The van der Waals surface area contributed by atoms with Crippen LogP contribution in [0.25, 0.3) is 34.4 Å². The van der Waals surface area contributed by atoms with Gasteiger partial charge in [0.1, 0.15) is 0 Å². The lowest BCUT2D eigenvalue weighted by atomic mass is 9.75. The number of hydrogen-bond donors (Lipinski definition) is 0. The van der Waals surface area contributed by atoms with E-state index in [-0.39, 0.29) is 27.1 Å². The first kappa shape index (κ1) is 43.2. The van der Waals surface area contributed by atoms with E-state index in [2.05, 4.69) is 211 Å². The Balaban J connectivity index is 1.58. The molecular weight excluding hydrogens is 701 g/mol. The van der Waals surface area contributed by atoms with E-state index in [9.17, 15) is 0 Å². The average molecular weight is 777 g/mol. The van der Waals surface area contributed by atoms with Gasteiger partial charge in [0, 0.05) is 11.1 Å². The van der Waals surface area contributed by atoms with Crippen LogP contribution in [0.2, 0.25) is 13.1 Å². The van der Waals surface area contributed by atoms with Gasteiger partial charge in [0.15, 0.2) is 0 Å². The van der Waals surface area contributed by atoms with Crippen LogP contribution in [0.4, 0.5) is 0 Å². The SMILES string of the molecule is CC1=Cc2c(-c3cc(C(C)(C)C)cc(C(C)(C)C)c3)cc(C)cc2C1[Si](C)(C)C1C(C)=Cc2c1cc(C(C)(C)C)c(C)c2-c1cc(C(C)(C)C)cc(C(C)(C)C)c1. The molecule has 0 amide bonds. The van der Waals surface area contributed by atoms with Crippen LogP contribution < -0.4 is 0 Å². The fraction of sp³-hybridized carbons (Fsp3) is 0.500. The van der Waals surface area contributed by atoms with Crippen molar-refractivity contribution >= 4 is 20.2 Å². The minimum atomic E-state index is -2.14. The molecule has 0 heterocycles. The predicted molar refractivity (Wildman–Crippen MR) is 257 cm³/mol. The molecule has 0 saturated heterocycles. The lowest BCUT2D eigenvalue weighted by Crippen LogP contribution is -2.42. The molecule has 0 saturated carbocycles. The van der Waals surface area contributed by atoms with E-state index >= 15 is 0 Å². The van der Waals surface area contributed by atoms with Crippen molar-refractivity contribution in [1.29, 1.82) is 0 Å². The minimum absolute atomic E-state index is 0.0182. The minimum Gasteiger partial charge on any atom is -0.0679 e. The lowest BCUT2D eigenvalue weighted by Gasteiger charge is -2.40. The third-order valence-corrected chi connectivity index (χ3v) is 18.0. The number of hydrogen-bond acceptors (Lipinski definition) is 0. The molecule has 4 aromatic rings. The Morgan fingerprint density at radius 2 is 0.807 bits per heavy atom.